The molecular weight excluding hydrogens is 182 g/mol. The first-order chi connectivity index (χ1) is 6.66. The van der Waals surface area contributed by atoms with E-state index in [1.165, 1.54) is 0 Å². The number of hydrogen-bond donors (Lipinski definition) is 2. The molecular formula is C10H19NO3. The van der Waals surface area contributed by atoms with Gasteiger partial charge >= 0.3 is 5.97 Å². The van der Waals surface area contributed by atoms with Crippen molar-refractivity contribution in [3.05, 3.63) is 0 Å². The summed E-state index contributed by atoms with van der Waals surface area (Å²) in [6.07, 6.45) is 5.45. The van der Waals surface area contributed by atoms with Crippen LogP contribution in [0.25, 0.3) is 0 Å². The molecule has 0 aromatic rings. The summed E-state index contributed by atoms with van der Waals surface area (Å²) in [4.78, 5) is 21.0. The lowest BCUT2D eigenvalue weighted by atomic mass is 10.1. The SMILES string of the molecule is CNC(=O)CCCCCCCC(=O)O. The van der Waals surface area contributed by atoms with Crippen molar-refractivity contribution in [1.82, 2.24) is 5.32 Å². The van der Waals surface area contributed by atoms with Gasteiger partial charge in [0, 0.05) is 19.9 Å². The molecule has 4 heteroatoms. The minimum atomic E-state index is -0.727. The second kappa shape index (κ2) is 8.53. The van der Waals surface area contributed by atoms with Gasteiger partial charge < -0.3 is 10.4 Å². The molecule has 0 radical (unpaired) electrons. The van der Waals surface area contributed by atoms with E-state index in [1.54, 1.807) is 7.05 Å². The number of rotatable bonds is 8. The molecule has 0 aromatic carbocycles. The summed E-state index contributed by atoms with van der Waals surface area (Å²) in [7, 11) is 1.63. The van der Waals surface area contributed by atoms with Gasteiger partial charge in [-0.25, -0.2) is 0 Å². The fraction of sp³-hybridized carbons (Fsp3) is 0.800. The van der Waals surface area contributed by atoms with E-state index in [9.17, 15) is 9.59 Å². The summed E-state index contributed by atoms with van der Waals surface area (Å²) in [5, 5.41) is 10.9. The number of amides is 1. The third-order valence-corrected chi connectivity index (χ3v) is 2.07. The van der Waals surface area contributed by atoms with Crippen molar-refractivity contribution in [2.45, 2.75) is 44.9 Å². The highest BCUT2D eigenvalue weighted by Crippen LogP contribution is 2.06. The molecule has 1 amide bonds. The van der Waals surface area contributed by atoms with Crippen LogP contribution in [0.1, 0.15) is 44.9 Å². The van der Waals surface area contributed by atoms with Gasteiger partial charge in [-0.3, -0.25) is 9.59 Å². The molecule has 0 atom stereocenters. The number of carboxylic acid groups (broad SMARTS) is 1. The fourth-order valence-electron chi connectivity index (χ4n) is 1.22. The van der Waals surface area contributed by atoms with E-state index in [0.717, 1.165) is 32.1 Å². The Bertz CT molecular complexity index is 180. The molecule has 0 spiro atoms. The lowest BCUT2D eigenvalue weighted by molar-refractivity contribution is -0.137. The number of carbonyl (C=O) groups is 2. The zero-order chi connectivity index (χ0) is 10.8. The monoisotopic (exact) mass is 201 g/mol. The van der Waals surface area contributed by atoms with Crippen molar-refractivity contribution in [3.63, 3.8) is 0 Å². The Balaban J connectivity index is 3.06. The van der Waals surface area contributed by atoms with Gasteiger partial charge in [0.05, 0.1) is 0 Å². The second-order valence-electron chi connectivity index (χ2n) is 3.33. The van der Waals surface area contributed by atoms with Crippen molar-refractivity contribution < 1.29 is 14.7 Å². The third-order valence-electron chi connectivity index (χ3n) is 2.07. The van der Waals surface area contributed by atoms with Crippen molar-refractivity contribution in [1.29, 1.82) is 0 Å². The molecule has 0 rings (SSSR count). The zero-order valence-electron chi connectivity index (χ0n) is 8.71. The number of hydrogen-bond acceptors (Lipinski definition) is 2. The van der Waals surface area contributed by atoms with Gasteiger partial charge in [0.15, 0.2) is 0 Å². The van der Waals surface area contributed by atoms with Crippen molar-refractivity contribution in [3.8, 4) is 0 Å². The second-order valence-corrected chi connectivity index (χ2v) is 3.33. The van der Waals surface area contributed by atoms with Crippen molar-refractivity contribution in [2.24, 2.45) is 0 Å². The van der Waals surface area contributed by atoms with Gasteiger partial charge in [-0.1, -0.05) is 19.3 Å². The molecule has 0 unspecified atom stereocenters. The number of carbonyl (C=O) groups excluding carboxylic acids is 1. The number of carboxylic acids is 1. The largest absolute Gasteiger partial charge is 0.481 e. The van der Waals surface area contributed by atoms with Crippen LogP contribution < -0.4 is 5.32 Å². The Morgan fingerprint density at radius 2 is 1.50 bits per heavy atom. The molecule has 0 aliphatic heterocycles. The van der Waals surface area contributed by atoms with Gasteiger partial charge in [0.2, 0.25) is 5.91 Å². The van der Waals surface area contributed by atoms with Crippen LogP contribution in [0.4, 0.5) is 0 Å². The Hall–Kier alpha value is -1.06. The molecule has 0 bridgehead atoms. The summed E-state index contributed by atoms with van der Waals surface area (Å²) < 4.78 is 0. The molecule has 0 aromatic heterocycles. The minimum absolute atomic E-state index is 0.0792. The van der Waals surface area contributed by atoms with Gasteiger partial charge in [-0.05, 0) is 12.8 Å². The number of nitrogens with one attached hydrogen (secondary N) is 1. The zero-order valence-corrected chi connectivity index (χ0v) is 8.71. The van der Waals surface area contributed by atoms with Gasteiger partial charge in [0.1, 0.15) is 0 Å². The Morgan fingerprint density at radius 3 is 2.00 bits per heavy atom. The highest BCUT2D eigenvalue weighted by atomic mass is 16.4. The molecule has 4 nitrogen and oxygen atoms in total. The van der Waals surface area contributed by atoms with Crippen LogP contribution in [0.2, 0.25) is 0 Å². The Morgan fingerprint density at radius 1 is 1.00 bits per heavy atom. The first-order valence-corrected chi connectivity index (χ1v) is 5.09. The van der Waals surface area contributed by atoms with E-state index in [1.807, 2.05) is 0 Å². The molecule has 0 fully saturated rings. The van der Waals surface area contributed by atoms with Crippen molar-refractivity contribution in [2.75, 3.05) is 7.05 Å². The minimum Gasteiger partial charge on any atom is -0.481 e. The van der Waals surface area contributed by atoms with Crippen LogP contribution in [0.5, 0.6) is 0 Å². The van der Waals surface area contributed by atoms with E-state index < -0.39 is 5.97 Å². The normalized spacial score (nSPS) is 9.79. The number of unbranched alkanes of at least 4 members (excludes halogenated alkanes) is 4. The van der Waals surface area contributed by atoms with Crippen LogP contribution in [0, 0.1) is 0 Å². The van der Waals surface area contributed by atoms with E-state index >= 15 is 0 Å². The third kappa shape index (κ3) is 9.03. The molecule has 14 heavy (non-hydrogen) atoms. The average Bonchev–Trinajstić information content (AvgIpc) is 2.15. The van der Waals surface area contributed by atoms with Crippen LogP contribution in [0.3, 0.4) is 0 Å². The van der Waals surface area contributed by atoms with Crippen molar-refractivity contribution >= 4 is 11.9 Å². The highest BCUT2D eigenvalue weighted by Gasteiger charge is 1.98. The maximum atomic E-state index is 10.8. The van der Waals surface area contributed by atoms with E-state index in [2.05, 4.69) is 5.32 Å². The molecule has 2 N–H and O–H groups in total. The first-order valence-electron chi connectivity index (χ1n) is 5.09. The molecule has 0 saturated heterocycles. The Kier molecular flexibility index (Phi) is 7.89. The van der Waals surface area contributed by atoms with Gasteiger partial charge in [0.25, 0.3) is 0 Å². The molecule has 0 heterocycles. The Labute approximate surface area is 84.7 Å². The molecule has 0 aliphatic carbocycles. The summed E-state index contributed by atoms with van der Waals surface area (Å²) in [6.45, 7) is 0. The average molecular weight is 201 g/mol. The lowest BCUT2D eigenvalue weighted by Gasteiger charge is -2.00. The van der Waals surface area contributed by atoms with Crippen LogP contribution in [0.15, 0.2) is 0 Å². The first kappa shape index (κ1) is 12.9. The van der Waals surface area contributed by atoms with Crippen LogP contribution >= 0.6 is 0 Å². The maximum absolute atomic E-state index is 10.8. The smallest absolute Gasteiger partial charge is 0.303 e. The predicted molar refractivity (Wildman–Crippen MR) is 54.0 cm³/mol. The molecule has 0 saturated carbocycles. The molecule has 0 aliphatic rings. The quantitative estimate of drug-likeness (QED) is 0.585. The van der Waals surface area contributed by atoms with Gasteiger partial charge in [-0.15, -0.1) is 0 Å². The summed E-state index contributed by atoms with van der Waals surface area (Å²) in [5.41, 5.74) is 0. The van der Waals surface area contributed by atoms with Crippen LogP contribution in [-0.2, 0) is 9.59 Å². The van der Waals surface area contributed by atoms with Gasteiger partial charge in [-0.2, -0.15) is 0 Å². The molecule has 82 valence electrons. The predicted octanol–water partition coefficient (Wildman–Crippen LogP) is 1.55. The van der Waals surface area contributed by atoms with Crippen LogP contribution in [-0.4, -0.2) is 24.0 Å². The summed E-state index contributed by atoms with van der Waals surface area (Å²) >= 11 is 0. The lowest BCUT2D eigenvalue weighted by Crippen LogP contribution is -2.16. The highest BCUT2D eigenvalue weighted by molar-refractivity contribution is 5.75. The van der Waals surface area contributed by atoms with E-state index in [0.29, 0.717) is 6.42 Å². The maximum Gasteiger partial charge on any atom is 0.303 e. The number of aliphatic carboxylic acids is 1. The van der Waals surface area contributed by atoms with E-state index in [4.69, 9.17) is 5.11 Å². The summed E-state index contributed by atoms with van der Waals surface area (Å²) in [6, 6.07) is 0. The fourth-order valence-corrected chi connectivity index (χ4v) is 1.22. The topological polar surface area (TPSA) is 66.4 Å². The standard InChI is InChI=1S/C10H19NO3/c1-11-9(12)7-5-3-2-4-6-8-10(13)14/h2-8H2,1H3,(H,11,12)(H,13,14). The summed E-state index contributed by atoms with van der Waals surface area (Å²) in [5.74, 6) is -0.647. The van der Waals surface area contributed by atoms with E-state index in [-0.39, 0.29) is 12.3 Å².